The van der Waals surface area contributed by atoms with E-state index in [2.05, 4.69) is 0 Å². The highest BCUT2D eigenvalue weighted by Gasteiger charge is 2.42. The summed E-state index contributed by atoms with van der Waals surface area (Å²) in [6.07, 6.45) is 2.38. The van der Waals surface area contributed by atoms with Gasteiger partial charge >= 0.3 is 0 Å². The first-order chi connectivity index (χ1) is 9.75. The van der Waals surface area contributed by atoms with E-state index >= 15 is 0 Å². The molecule has 0 radical (unpaired) electrons. The van der Waals surface area contributed by atoms with E-state index in [1.165, 1.54) is 4.31 Å². The zero-order chi connectivity index (χ0) is 15.8. The van der Waals surface area contributed by atoms with Gasteiger partial charge < -0.3 is 5.73 Å². The Balaban J connectivity index is 2.41. The lowest BCUT2D eigenvalue weighted by molar-refractivity contribution is 0.279. The van der Waals surface area contributed by atoms with Crippen LogP contribution < -0.4 is 5.73 Å². The zero-order valence-electron chi connectivity index (χ0n) is 12.2. The molecule has 0 aromatic heterocycles. The summed E-state index contributed by atoms with van der Waals surface area (Å²) in [7, 11) is -4.18. The Kier molecular flexibility index (Phi) is 4.26. The van der Waals surface area contributed by atoms with Crippen molar-refractivity contribution in [2.75, 3.05) is 18.8 Å². The second-order valence-electron chi connectivity index (χ2n) is 5.61. The Hall–Kier alpha value is -1.21. The summed E-state index contributed by atoms with van der Waals surface area (Å²) in [6.45, 7) is 4.59. The summed E-state index contributed by atoms with van der Waals surface area (Å²) in [5, 5.41) is 0. The van der Waals surface area contributed by atoms with E-state index in [1.807, 2.05) is 13.8 Å². The van der Waals surface area contributed by atoms with E-state index in [-0.39, 0.29) is 17.6 Å². The molecule has 0 spiro atoms. The molecule has 0 bridgehead atoms. The van der Waals surface area contributed by atoms with Crippen LogP contribution in [0.1, 0.15) is 33.1 Å². The third-order valence-corrected chi connectivity index (χ3v) is 6.42. The van der Waals surface area contributed by atoms with Crippen molar-refractivity contribution in [1.82, 2.24) is 4.31 Å². The van der Waals surface area contributed by atoms with Gasteiger partial charge in [-0.15, -0.1) is 0 Å². The quantitative estimate of drug-likeness (QED) is 0.868. The number of halogens is 2. The standard InChI is InChI=1S/C14H20F2N2O2S/c1-3-14(4-2)5-6-18(9-14)21(19,20)13-11(15)7-10(17)8-12(13)16/h7-8H,3-6,9,17H2,1-2H3. The number of nitrogen functional groups attached to an aromatic ring is 1. The van der Waals surface area contributed by atoms with Crippen molar-refractivity contribution in [3.8, 4) is 0 Å². The highest BCUT2D eigenvalue weighted by molar-refractivity contribution is 7.89. The molecule has 1 aliphatic heterocycles. The number of anilines is 1. The molecule has 4 nitrogen and oxygen atoms in total. The van der Waals surface area contributed by atoms with Gasteiger partial charge in [0, 0.05) is 18.8 Å². The third-order valence-electron chi connectivity index (χ3n) is 4.52. The number of sulfonamides is 1. The second kappa shape index (κ2) is 5.53. The lowest BCUT2D eigenvalue weighted by atomic mass is 9.82. The Morgan fingerprint density at radius 1 is 1.24 bits per heavy atom. The van der Waals surface area contributed by atoms with Gasteiger partial charge in [-0.05, 0) is 36.8 Å². The number of nitrogens with two attached hydrogens (primary N) is 1. The molecule has 1 saturated heterocycles. The molecule has 2 N–H and O–H groups in total. The molecule has 7 heteroatoms. The maximum absolute atomic E-state index is 13.9. The predicted octanol–water partition coefficient (Wildman–Crippen LogP) is 2.75. The lowest BCUT2D eigenvalue weighted by Gasteiger charge is -2.26. The van der Waals surface area contributed by atoms with Crippen LogP contribution in [0.25, 0.3) is 0 Å². The highest BCUT2D eigenvalue weighted by Crippen LogP contribution is 2.40. The Morgan fingerprint density at radius 2 is 1.76 bits per heavy atom. The van der Waals surface area contributed by atoms with Gasteiger partial charge in [-0.3, -0.25) is 0 Å². The van der Waals surface area contributed by atoms with Gasteiger partial charge in [0.2, 0.25) is 10.0 Å². The summed E-state index contributed by atoms with van der Waals surface area (Å²) in [5.41, 5.74) is 5.08. The van der Waals surface area contributed by atoms with Crippen LogP contribution in [0.3, 0.4) is 0 Å². The average molecular weight is 318 g/mol. The van der Waals surface area contributed by atoms with Crippen molar-refractivity contribution < 1.29 is 17.2 Å². The van der Waals surface area contributed by atoms with Gasteiger partial charge in [-0.25, -0.2) is 17.2 Å². The van der Waals surface area contributed by atoms with Gasteiger partial charge in [-0.2, -0.15) is 4.31 Å². The minimum absolute atomic E-state index is 0.103. The number of benzene rings is 1. The number of rotatable bonds is 4. The smallest absolute Gasteiger partial charge is 0.248 e. The number of hydrogen-bond donors (Lipinski definition) is 1. The topological polar surface area (TPSA) is 63.4 Å². The van der Waals surface area contributed by atoms with Crippen molar-refractivity contribution in [1.29, 1.82) is 0 Å². The minimum Gasteiger partial charge on any atom is -0.399 e. The molecule has 1 aromatic rings. The maximum atomic E-state index is 13.9. The van der Waals surface area contributed by atoms with Crippen LogP contribution in [-0.2, 0) is 10.0 Å². The monoisotopic (exact) mass is 318 g/mol. The number of nitrogens with zero attached hydrogens (tertiary/aromatic N) is 1. The van der Waals surface area contributed by atoms with Crippen molar-refractivity contribution in [3.63, 3.8) is 0 Å². The fraction of sp³-hybridized carbons (Fsp3) is 0.571. The van der Waals surface area contributed by atoms with Crippen molar-refractivity contribution in [3.05, 3.63) is 23.8 Å². The summed E-state index contributed by atoms with van der Waals surface area (Å²) >= 11 is 0. The molecule has 118 valence electrons. The fourth-order valence-electron chi connectivity index (χ4n) is 2.88. The zero-order valence-corrected chi connectivity index (χ0v) is 13.0. The van der Waals surface area contributed by atoms with Crippen LogP contribution >= 0.6 is 0 Å². The first-order valence-corrected chi connectivity index (χ1v) is 8.44. The van der Waals surface area contributed by atoms with Crippen LogP contribution in [0.2, 0.25) is 0 Å². The maximum Gasteiger partial charge on any atom is 0.248 e. The normalized spacial score (nSPS) is 19.0. The van der Waals surface area contributed by atoms with E-state index in [4.69, 9.17) is 5.73 Å². The molecule has 0 atom stereocenters. The van der Waals surface area contributed by atoms with Crippen LogP contribution in [-0.4, -0.2) is 25.8 Å². The van der Waals surface area contributed by atoms with E-state index < -0.39 is 26.6 Å². The van der Waals surface area contributed by atoms with E-state index in [9.17, 15) is 17.2 Å². The summed E-state index contributed by atoms with van der Waals surface area (Å²) in [4.78, 5) is -0.903. The molecule has 2 rings (SSSR count). The van der Waals surface area contributed by atoms with Crippen LogP contribution in [0.5, 0.6) is 0 Å². The molecule has 1 aromatic carbocycles. The van der Waals surface area contributed by atoms with E-state index in [1.54, 1.807) is 0 Å². The lowest BCUT2D eigenvalue weighted by Crippen LogP contribution is -2.33. The van der Waals surface area contributed by atoms with Gasteiger partial charge in [0.15, 0.2) is 4.90 Å². The fourth-order valence-corrected chi connectivity index (χ4v) is 4.53. The SMILES string of the molecule is CCC1(CC)CCN(S(=O)(=O)c2c(F)cc(N)cc2F)C1. The van der Waals surface area contributed by atoms with Gasteiger partial charge in [0.25, 0.3) is 0 Å². The van der Waals surface area contributed by atoms with Gasteiger partial charge in [0.05, 0.1) is 0 Å². The Labute approximate surface area is 124 Å². The van der Waals surface area contributed by atoms with Crippen molar-refractivity contribution >= 4 is 15.7 Å². The van der Waals surface area contributed by atoms with Crippen molar-refractivity contribution in [2.45, 2.75) is 38.0 Å². The summed E-state index contributed by atoms with van der Waals surface area (Å²) in [5.74, 6) is -2.28. The Morgan fingerprint density at radius 3 is 2.19 bits per heavy atom. The predicted molar refractivity (Wildman–Crippen MR) is 77.2 cm³/mol. The number of hydrogen-bond acceptors (Lipinski definition) is 3. The molecule has 1 heterocycles. The third kappa shape index (κ3) is 2.76. The molecule has 1 aliphatic rings. The highest BCUT2D eigenvalue weighted by atomic mass is 32.2. The van der Waals surface area contributed by atoms with E-state index in [0.717, 1.165) is 25.0 Å². The minimum atomic E-state index is -4.18. The molecule has 0 saturated carbocycles. The molecular formula is C14H20F2N2O2S. The van der Waals surface area contributed by atoms with Crippen LogP contribution in [0.15, 0.2) is 17.0 Å². The molecule has 21 heavy (non-hydrogen) atoms. The van der Waals surface area contributed by atoms with Crippen LogP contribution in [0, 0.1) is 17.0 Å². The van der Waals surface area contributed by atoms with Crippen molar-refractivity contribution in [2.24, 2.45) is 5.41 Å². The van der Waals surface area contributed by atoms with E-state index in [0.29, 0.717) is 13.0 Å². The first-order valence-electron chi connectivity index (χ1n) is 7.00. The molecule has 0 aliphatic carbocycles. The average Bonchev–Trinajstić information content (AvgIpc) is 2.83. The molecular weight excluding hydrogens is 298 g/mol. The second-order valence-corrected chi connectivity index (χ2v) is 7.48. The Bertz CT molecular complexity index is 619. The first kappa shape index (κ1) is 16.2. The summed E-state index contributed by atoms with van der Waals surface area (Å²) < 4.78 is 54.0. The summed E-state index contributed by atoms with van der Waals surface area (Å²) in [6, 6.07) is 1.66. The molecule has 0 amide bonds. The van der Waals surface area contributed by atoms with Gasteiger partial charge in [0.1, 0.15) is 11.6 Å². The molecule has 1 fully saturated rings. The largest absolute Gasteiger partial charge is 0.399 e. The van der Waals surface area contributed by atoms with Gasteiger partial charge in [-0.1, -0.05) is 13.8 Å². The molecule has 0 unspecified atom stereocenters. The van der Waals surface area contributed by atoms with Crippen LogP contribution in [0.4, 0.5) is 14.5 Å².